The van der Waals surface area contributed by atoms with Crippen molar-refractivity contribution in [1.82, 2.24) is 24.4 Å². The second-order valence-electron chi connectivity index (χ2n) is 10.4. The average Bonchev–Trinajstić information content (AvgIpc) is 3.30. The number of pyridine rings is 2. The predicted molar refractivity (Wildman–Crippen MR) is 146 cm³/mol. The first kappa shape index (κ1) is 26.8. The van der Waals surface area contributed by atoms with Crippen LogP contribution in [0.3, 0.4) is 0 Å². The summed E-state index contributed by atoms with van der Waals surface area (Å²) in [5, 5.41) is 18.4. The van der Waals surface area contributed by atoms with Gasteiger partial charge in [-0.05, 0) is 56.6 Å². The number of carboxylic acid groups (broad SMARTS) is 1. The molecular formula is C30H29FN6O4. The van der Waals surface area contributed by atoms with Gasteiger partial charge in [-0.25, -0.2) is 24.1 Å². The molecule has 2 fully saturated rings. The maximum Gasteiger partial charge on any atom is 0.354 e. The lowest BCUT2D eigenvalue weighted by molar-refractivity contribution is -0.0592. The van der Waals surface area contributed by atoms with Crippen molar-refractivity contribution in [2.75, 3.05) is 19.7 Å². The number of aromatic nitrogens is 4. The minimum Gasteiger partial charge on any atom is -0.477 e. The van der Waals surface area contributed by atoms with Crippen LogP contribution in [0.2, 0.25) is 0 Å². The predicted octanol–water partition coefficient (Wildman–Crippen LogP) is 4.28. The Balaban J connectivity index is 1.10. The van der Waals surface area contributed by atoms with Crippen LogP contribution in [0.15, 0.2) is 48.7 Å². The fourth-order valence-corrected chi connectivity index (χ4v) is 5.36. The zero-order valence-corrected chi connectivity index (χ0v) is 22.4. The van der Waals surface area contributed by atoms with E-state index < -0.39 is 11.8 Å². The molecule has 41 heavy (non-hydrogen) atoms. The molecule has 5 heterocycles. The Hall–Kier alpha value is -4.40. The molecule has 0 aliphatic carbocycles. The van der Waals surface area contributed by atoms with Crippen LogP contribution in [-0.4, -0.2) is 61.3 Å². The fourth-order valence-electron chi connectivity index (χ4n) is 5.36. The largest absolute Gasteiger partial charge is 0.477 e. The van der Waals surface area contributed by atoms with E-state index in [4.69, 9.17) is 24.7 Å². The van der Waals surface area contributed by atoms with Gasteiger partial charge < -0.3 is 19.1 Å². The van der Waals surface area contributed by atoms with Crippen molar-refractivity contribution in [2.24, 2.45) is 0 Å². The van der Waals surface area contributed by atoms with Gasteiger partial charge in [-0.15, -0.1) is 0 Å². The van der Waals surface area contributed by atoms with Crippen LogP contribution in [0.1, 0.15) is 58.3 Å². The number of benzene rings is 1. The minimum atomic E-state index is -1.06. The van der Waals surface area contributed by atoms with Crippen LogP contribution < -0.4 is 4.74 Å². The molecule has 0 saturated carbocycles. The van der Waals surface area contributed by atoms with E-state index in [9.17, 15) is 14.3 Å². The Morgan fingerprint density at radius 3 is 2.71 bits per heavy atom. The van der Waals surface area contributed by atoms with Crippen LogP contribution in [0.4, 0.5) is 4.39 Å². The lowest BCUT2D eigenvalue weighted by Gasteiger charge is -2.32. The van der Waals surface area contributed by atoms with Gasteiger partial charge in [-0.3, -0.25) is 4.90 Å². The van der Waals surface area contributed by atoms with Crippen molar-refractivity contribution in [3.63, 3.8) is 0 Å². The lowest BCUT2D eigenvalue weighted by atomic mass is 9.93. The van der Waals surface area contributed by atoms with Gasteiger partial charge in [-0.2, -0.15) is 5.26 Å². The molecule has 210 valence electrons. The SMILES string of the molecule is N#Cc1ccc(COc2cccc(C3CCN(Cc4nc5cnc(C(=O)O)cc5n4C[C@@H]4CCO4)CC3)n2)c(F)c1. The molecule has 0 bridgehead atoms. The molecule has 0 amide bonds. The normalized spacial score (nSPS) is 17.7. The van der Waals surface area contributed by atoms with Crippen LogP contribution >= 0.6 is 0 Å². The number of nitriles is 1. The summed E-state index contributed by atoms with van der Waals surface area (Å²) in [6.07, 6.45) is 4.43. The Kier molecular flexibility index (Phi) is 7.59. The number of piperidine rings is 1. The molecule has 0 radical (unpaired) electrons. The van der Waals surface area contributed by atoms with E-state index in [1.54, 1.807) is 24.3 Å². The van der Waals surface area contributed by atoms with Crippen LogP contribution in [-0.2, 0) is 24.4 Å². The van der Waals surface area contributed by atoms with Gasteiger partial charge in [0.15, 0.2) is 0 Å². The molecule has 1 atom stereocenters. The molecule has 2 aliphatic rings. The Morgan fingerprint density at radius 1 is 1.17 bits per heavy atom. The van der Waals surface area contributed by atoms with E-state index in [0.717, 1.165) is 56.0 Å². The monoisotopic (exact) mass is 556 g/mol. The summed E-state index contributed by atoms with van der Waals surface area (Å²) >= 11 is 0. The highest BCUT2D eigenvalue weighted by molar-refractivity contribution is 5.90. The summed E-state index contributed by atoms with van der Waals surface area (Å²) in [6, 6.07) is 13.5. The number of aromatic carboxylic acids is 1. The molecule has 0 unspecified atom stereocenters. The first-order valence-corrected chi connectivity index (χ1v) is 13.7. The number of carboxylic acids is 1. The molecule has 3 aromatic heterocycles. The molecule has 10 nitrogen and oxygen atoms in total. The maximum atomic E-state index is 14.2. The first-order valence-electron chi connectivity index (χ1n) is 13.7. The molecule has 11 heteroatoms. The van der Waals surface area contributed by atoms with Crippen molar-refractivity contribution >= 4 is 17.0 Å². The van der Waals surface area contributed by atoms with Gasteiger partial charge in [-0.1, -0.05) is 12.1 Å². The number of ether oxygens (including phenoxy) is 2. The highest BCUT2D eigenvalue weighted by Crippen LogP contribution is 2.30. The molecule has 1 N–H and O–H groups in total. The molecule has 2 aliphatic heterocycles. The fraction of sp³-hybridized carbons (Fsp3) is 0.367. The Bertz CT molecular complexity index is 1620. The van der Waals surface area contributed by atoms with E-state index >= 15 is 0 Å². The smallest absolute Gasteiger partial charge is 0.354 e. The van der Waals surface area contributed by atoms with Crippen LogP contribution in [0, 0.1) is 17.1 Å². The summed E-state index contributed by atoms with van der Waals surface area (Å²) in [6.45, 7) is 3.76. The highest BCUT2D eigenvalue weighted by atomic mass is 19.1. The molecule has 0 spiro atoms. The molecule has 6 rings (SSSR count). The van der Waals surface area contributed by atoms with Crippen molar-refractivity contribution in [1.29, 1.82) is 5.26 Å². The number of likely N-dealkylation sites (tertiary alicyclic amines) is 1. The molecular weight excluding hydrogens is 527 g/mol. The summed E-state index contributed by atoms with van der Waals surface area (Å²) in [5.41, 5.74) is 3.03. The van der Waals surface area contributed by atoms with Gasteiger partial charge in [0.2, 0.25) is 5.88 Å². The number of halogens is 1. The summed E-state index contributed by atoms with van der Waals surface area (Å²) in [7, 11) is 0. The quantitative estimate of drug-likeness (QED) is 0.321. The van der Waals surface area contributed by atoms with E-state index in [-0.39, 0.29) is 29.9 Å². The van der Waals surface area contributed by atoms with E-state index in [0.29, 0.717) is 30.0 Å². The third-order valence-electron chi connectivity index (χ3n) is 7.79. The van der Waals surface area contributed by atoms with Crippen molar-refractivity contribution < 1.29 is 23.8 Å². The van der Waals surface area contributed by atoms with Crippen molar-refractivity contribution in [2.45, 2.75) is 51.0 Å². The molecule has 4 aromatic rings. The maximum absolute atomic E-state index is 14.2. The summed E-state index contributed by atoms with van der Waals surface area (Å²) < 4.78 is 27.8. The third-order valence-corrected chi connectivity index (χ3v) is 7.79. The van der Waals surface area contributed by atoms with Gasteiger partial charge >= 0.3 is 5.97 Å². The number of imidazole rings is 1. The summed E-state index contributed by atoms with van der Waals surface area (Å²) in [5.74, 6) is 0.0512. The van der Waals surface area contributed by atoms with Crippen LogP contribution in [0.5, 0.6) is 5.88 Å². The second kappa shape index (κ2) is 11.6. The number of hydrogen-bond donors (Lipinski definition) is 1. The molecule has 2 saturated heterocycles. The van der Waals surface area contributed by atoms with E-state index in [1.165, 1.54) is 12.3 Å². The van der Waals surface area contributed by atoms with Gasteiger partial charge in [0.1, 0.15) is 29.5 Å². The van der Waals surface area contributed by atoms with Crippen LogP contribution in [0.25, 0.3) is 11.0 Å². The van der Waals surface area contributed by atoms with Gasteiger partial charge in [0.25, 0.3) is 0 Å². The zero-order chi connectivity index (χ0) is 28.3. The standard InChI is InChI=1S/C30H29FN6O4/c31-23-12-19(14-32)4-5-21(23)18-41-29-3-1-2-24(35-29)20-6-9-36(10-7-20)17-28-34-26-15-33-25(30(38)39)13-27(26)37(28)16-22-8-11-40-22/h1-5,12-13,15,20,22H,6-11,16-18H2,(H,38,39)/t22-/m0/s1. The molecule has 1 aromatic carbocycles. The van der Waals surface area contributed by atoms with Crippen molar-refractivity contribution in [3.8, 4) is 11.9 Å². The highest BCUT2D eigenvalue weighted by Gasteiger charge is 2.26. The van der Waals surface area contributed by atoms with Gasteiger partial charge in [0.05, 0.1) is 42.5 Å². The Labute approximate surface area is 236 Å². The number of fused-ring (bicyclic) bond motifs is 1. The first-order chi connectivity index (χ1) is 20.0. The Morgan fingerprint density at radius 2 is 2.00 bits per heavy atom. The number of hydrogen-bond acceptors (Lipinski definition) is 8. The second-order valence-corrected chi connectivity index (χ2v) is 10.4. The number of nitrogens with zero attached hydrogens (tertiary/aromatic N) is 6. The van der Waals surface area contributed by atoms with E-state index in [2.05, 4.69) is 14.5 Å². The topological polar surface area (TPSA) is 126 Å². The van der Waals surface area contributed by atoms with Gasteiger partial charge in [0, 0.05) is 29.8 Å². The average molecular weight is 557 g/mol. The number of carbonyl (C=O) groups is 1. The number of rotatable bonds is 9. The van der Waals surface area contributed by atoms with E-state index in [1.807, 2.05) is 18.2 Å². The lowest BCUT2D eigenvalue weighted by Crippen LogP contribution is -2.35. The minimum absolute atomic E-state index is 0.00119. The summed E-state index contributed by atoms with van der Waals surface area (Å²) in [4.78, 5) is 27.4. The van der Waals surface area contributed by atoms with Crippen molar-refractivity contribution in [3.05, 3.63) is 82.8 Å². The zero-order valence-electron chi connectivity index (χ0n) is 22.4. The third kappa shape index (κ3) is 5.89.